The van der Waals surface area contributed by atoms with Crippen LogP contribution in [-0.2, 0) is 0 Å². The van der Waals surface area contributed by atoms with Crippen molar-refractivity contribution in [2.45, 2.75) is 40.5 Å². The molecule has 1 nitrogen and oxygen atoms in total. The zero-order valence-corrected chi connectivity index (χ0v) is 9.75. The summed E-state index contributed by atoms with van der Waals surface area (Å²) in [6, 6.07) is 2.19. The first kappa shape index (κ1) is 11.3. The van der Waals surface area contributed by atoms with Gasteiger partial charge in [-0.15, -0.1) is 0 Å². The van der Waals surface area contributed by atoms with Crippen molar-refractivity contribution in [3.05, 3.63) is 11.6 Å². The quantitative estimate of drug-likeness (QED) is 0.609. The van der Waals surface area contributed by atoms with Crippen molar-refractivity contribution >= 4 is 0 Å². The molecule has 0 N–H and O–H groups in total. The molecule has 78 valence electrons. The average molecular weight is 191 g/mol. The van der Waals surface area contributed by atoms with Gasteiger partial charge in [-0.25, -0.2) is 0 Å². The summed E-state index contributed by atoms with van der Waals surface area (Å²) in [5.41, 5.74) is 1.39. The summed E-state index contributed by atoms with van der Waals surface area (Å²) < 4.78 is 0. The van der Waals surface area contributed by atoms with Gasteiger partial charge in [-0.1, -0.05) is 33.3 Å². The zero-order valence-electron chi connectivity index (χ0n) is 9.75. The lowest BCUT2D eigenvalue weighted by molar-refractivity contribution is 0.260. The molecular formula is C13H21N. The van der Waals surface area contributed by atoms with Gasteiger partial charge in [0.1, 0.15) is 0 Å². The van der Waals surface area contributed by atoms with E-state index in [9.17, 15) is 0 Å². The van der Waals surface area contributed by atoms with Crippen molar-refractivity contribution in [3.63, 3.8) is 0 Å². The first-order chi connectivity index (χ1) is 6.57. The Bertz CT molecular complexity index is 255. The number of nitriles is 1. The second kappa shape index (κ2) is 4.64. The highest BCUT2D eigenvalue weighted by molar-refractivity contribution is 5.21. The molecule has 0 amide bonds. The molecule has 1 saturated carbocycles. The molecule has 1 fully saturated rings. The molecule has 1 aliphatic carbocycles. The molecule has 2 unspecified atom stereocenters. The monoisotopic (exact) mass is 191 g/mol. The Labute approximate surface area is 87.8 Å². The van der Waals surface area contributed by atoms with Crippen molar-refractivity contribution < 1.29 is 0 Å². The third-order valence-corrected chi connectivity index (χ3v) is 3.48. The third-order valence-electron chi connectivity index (χ3n) is 3.48. The maximum absolute atomic E-state index is 8.72. The van der Waals surface area contributed by atoms with Crippen LogP contribution in [-0.4, -0.2) is 0 Å². The molecule has 0 heterocycles. The number of nitrogens with zero attached hydrogens (tertiary/aromatic N) is 1. The van der Waals surface area contributed by atoms with Crippen molar-refractivity contribution in [2.75, 3.05) is 0 Å². The van der Waals surface area contributed by atoms with Crippen LogP contribution in [0.25, 0.3) is 0 Å². The van der Waals surface area contributed by atoms with E-state index >= 15 is 0 Å². The molecule has 0 aromatic rings. The highest BCUT2D eigenvalue weighted by Crippen LogP contribution is 2.44. The smallest absolute Gasteiger partial charge is 0.0911 e. The van der Waals surface area contributed by atoms with E-state index < -0.39 is 0 Å². The van der Waals surface area contributed by atoms with E-state index in [-0.39, 0.29) is 0 Å². The van der Waals surface area contributed by atoms with Gasteiger partial charge in [0.15, 0.2) is 0 Å². The Kier molecular flexibility index (Phi) is 3.75. The number of hydrogen-bond acceptors (Lipinski definition) is 1. The number of allylic oxidation sites excluding steroid dienone is 2. The van der Waals surface area contributed by atoms with Crippen LogP contribution in [0.15, 0.2) is 11.6 Å². The van der Waals surface area contributed by atoms with Crippen LogP contribution in [0.1, 0.15) is 40.5 Å². The molecule has 2 atom stereocenters. The molecular weight excluding hydrogens is 170 g/mol. The fraction of sp³-hybridized carbons (Fsp3) is 0.769. The SMILES string of the molecule is CC(C)C1CC/C(=C\C#N)C1C(C)C. The molecule has 0 saturated heterocycles. The van der Waals surface area contributed by atoms with E-state index in [2.05, 4.69) is 33.8 Å². The van der Waals surface area contributed by atoms with Crippen LogP contribution in [0.2, 0.25) is 0 Å². The molecule has 0 aromatic carbocycles. The molecule has 0 bridgehead atoms. The Morgan fingerprint density at radius 1 is 1.29 bits per heavy atom. The maximum atomic E-state index is 8.72. The zero-order chi connectivity index (χ0) is 10.7. The van der Waals surface area contributed by atoms with Gasteiger partial charge in [0, 0.05) is 6.08 Å². The second-order valence-electron chi connectivity index (χ2n) is 5.06. The molecule has 1 aliphatic rings. The summed E-state index contributed by atoms with van der Waals surface area (Å²) >= 11 is 0. The van der Waals surface area contributed by atoms with Gasteiger partial charge < -0.3 is 0 Å². The van der Waals surface area contributed by atoms with Crippen LogP contribution < -0.4 is 0 Å². The molecule has 0 aromatic heterocycles. The van der Waals surface area contributed by atoms with Gasteiger partial charge in [0.2, 0.25) is 0 Å². The molecule has 1 rings (SSSR count). The van der Waals surface area contributed by atoms with Gasteiger partial charge in [-0.2, -0.15) is 5.26 Å². The van der Waals surface area contributed by atoms with Crippen molar-refractivity contribution in [1.82, 2.24) is 0 Å². The summed E-state index contributed by atoms with van der Waals surface area (Å²) in [5.74, 6) is 2.85. The van der Waals surface area contributed by atoms with E-state index in [0.29, 0.717) is 11.8 Å². The topological polar surface area (TPSA) is 23.8 Å². The van der Waals surface area contributed by atoms with Gasteiger partial charge >= 0.3 is 0 Å². The highest BCUT2D eigenvalue weighted by Gasteiger charge is 2.34. The standard InChI is InChI=1S/C13H21N/c1-9(2)12-6-5-11(7-8-14)13(12)10(3)4/h7,9-10,12-13H,5-6H2,1-4H3/b11-7+. The van der Waals surface area contributed by atoms with Gasteiger partial charge in [-0.3, -0.25) is 0 Å². The first-order valence-electron chi connectivity index (χ1n) is 5.66. The lowest BCUT2D eigenvalue weighted by Crippen LogP contribution is -2.20. The molecule has 0 aliphatic heterocycles. The van der Waals surface area contributed by atoms with Crippen LogP contribution in [0, 0.1) is 35.0 Å². The molecule has 1 heteroatoms. The summed E-state index contributed by atoms with van der Waals surface area (Å²) in [6.45, 7) is 9.15. The van der Waals surface area contributed by atoms with Crippen molar-refractivity contribution in [2.24, 2.45) is 23.7 Å². The van der Waals surface area contributed by atoms with E-state index in [1.54, 1.807) is 6.08 Å². The van der Waals surface area contributed by atoms with Crippen molar-refractivity contribution in [1.29, 1.82) is 5.26 Å². The van der Waals surface area contributed by atoms with Crippen LogP contribution in [0.3, 0.4) is 0 Å². The van der Waals surface area contributed by atoms with Gasteiger partial charge in [0.05, 0.1) is 6.07 Å². The normalized spacial score (nSPS) is 30.2. The summed E-state index contributed by atoms with van der Waals surface area (Å²) in [5, 5.41) is 8.72. The summed E-state index contributed by atoms with van der Waals surface area (Å²) in [4.78, 5) is 0. The minimum Gasteiger partial charge on any atom is -0.193 e. The average Bonchev–Trinajstić information content (AvgIpc) is 2.48. The molecule has 14 heavy (non-hydrogen) atoms. The van der Waals surface area contributed by atoms with E-state index in [1.807, 2.05) is 0 Å². The first-order valence-corrected chi connectivity index (χ1v) is 5.66. The largest absolute Gasteiger partial charge is 0.193 e. The Balaban J connectivity index is 2.86. The lowest BCUT2D eigenvalue weighted by Gasteiger charge is -2.27. The van der Waals surface area contributed by atoms with Gasteiger partial charge in [0.25, 0.3) is 0 Å². The van der Waals surface area contributed by atoms with Crippen LogP contribution >= 0.6 is 0 Å². The van der Waals surface area contributed by atoms with E-state index in [4.69, 9.17) is 5.26 Å². The summed E-state index contributed by atoms with van der Waals surface area (Å²) in [6.07, 6.45) is 4.19. The Morgan fingerprint density at radius 2 is 1.93 bits per heavy atom. The summed E-state index contributed by atoms with van der Waals surface area (Å²) in [7, 11) is 0. The predicted molar refractivity (Wildman–Crippen MR) is 59.6 cm³/mol. The Hall–Kier alpha value is -0.770. The minimum absolute atomic E-state index is 0.648. The van der Waals surface area contributed by atoms with Crippen molar-refractivity contribution in [3.8, 4) is 6.07 Å². The Morgan fingerprint density at radius 3 is 2.36 bits per heavy atom. The number of hydrogen-bond donors (Lipinski definition) is 0. The van der Waals surface area contributed by atoms with E-state index in [0.717, 1.165) is 18.3 Å². The second-order valence-corrected chi connectivity index (χ2v) is 5.06. The van der Waals surface area contributed by atoms with Gasteiger partial charge in [-0.05, 0) is 36.5 Å². The fourth-order valence-corrected chi connectivity index (χ4v) is 2.88. The van der Waals surface area contributed by atoms with Crippen LogP contribution in [0.5, 0.6) is 0 Å². The predicted octanol–water partition coefficient (Wildman–Crippen LogP) is 3.77. The van der Waals surface area contributed by atoms with Crippen LogP contribution in [0.4, 0.5) is 0 Å². The third kappa shape index (κ3) is 2.18. The minimum atomic E-state index is 0.648. The lowest BCUT2D eigenvalue weighted by atomic mass is 9.78. The van der Waals surface area contributed by atoms with E-state index in [1.165, 1.54) is 12.0 Å². The maximum Gasteiger partial charge on any atom is 0.0911 e. The highest BCUT2D eigenvalue weighted by atomic mass is 14.4. The molecule has 0 radical (unpaired) electrons. The molecule has 0 spiro atoms. The number of rotatable bonds is 2. The fourth-order valence-electron chi connectivity index (χ4n) is 2.88.